The molecular formula is C17H24ClNS. The number of rotatable bonds is 2. The predicted molar refractivity (Wildman–Crippen MR) is 86.1 cm³/mol. The normalized spacial score (nSPS) is 47.7. The zero-order valence-corrected chi connectivity index (χ0v) is 14.0. The van der Waals surface area contributed by atoms with Crippen molar-refractivity contribution in [1.29, 1.82) is 0 Å². The van der Waals surface area contributed by atoms with Crippen LogP contribution in [0, 0.1) is 22.2 Å². The molecule has 0 amide bonds. The molecular weight excluding hydrogens is 286 g/mol. The second kappa shape index (κ2) is 4.02. The van der Waals surface area contributed by atoms with Gasteiger partial charge in [0.15, 0.2) is 0 Å². The quantitative estimate of drug-likeness (QED) is 0.778. The summed E-state index contributed by atoms with van der Waals surface area (Å²) in [5.74, 6) is 0.894. The minimum absolute atomic E-state index is 0.136. The highest BCUT2D eigenvalue weighted by Gasteiger charge is 2.62. The molecule has 0 aromatic carbocycles. The van der Waals surface area contributed by atoms with E-state index in [4.69, 9.17) is 17.3 Å². The Balaban J connectivity index is 1.75. The van der Waals surface area contributed by atoms with Gasteiger partial charge in [0.25, 0.3) is 0 Å². The molecule has 0 aliphatic heterocycles. The van der Waals surface area contributed by atoms with E-state index in [1.165, 1.54) is 43.4 Å². The molecule has 4 saturated carbocycles. The zero-order valence-electron chi connectivity index (χ0n) is 12.4. The van der Waals surface area contributed by atoms with E-state index in [0.717, 1.165) is 10.9 Å². The third kappa shape index (κ3) is 1.84. The minimum Gasteiger partial charge on any atom is -0.323 e. The van der Waals surface area contributed by atoms with E-state index in [-0.39, 0.29) is 6.04 Å². The van der Waals surface area contributed by atoms with Crippen molar-refractivity contribution in [3.05, 3.63) is 21.3 Å². The van der Waals surface area contributed by atoms with Crippen LogP contribution in [-0.4, -0.2) is 0 Å². The van der Waals surface area contributed by atoms with E-state index in [0.29, 0.717) is 16.2 Å². The van der Waals surface area contributed by atoms with Gasteiger partial charge in [0, 0.05) is 10.9 Å². The molecule has 1 aromatic heterocycles. The van der Waals surface area contributed by atoms with Crippen molar-refractivity contribution in [1.82, 2.24) is 0 Å². The highest BCUT2D eigenvalue weighted by atomic mass is 35.5. The molecule has 4 fully saturated rings. The van der Waals surface area contributed by atoms with Gasteiger partial charge in [-0.05, 0) is 72.1 Å². The van der Waals surface area contributed by atoms with Gasteiger partial charge in [-0.2, -0.15) is 0 Å². The van der Waals surface area contributed by atoms with E-state index in [9.17, 15) is 0 Å². The first kappa shape index (κ1) is 13.6. The van der Waals surface area contributed by atoms with Crippen molar-refractivity contribution in [3.8, 4) is 0 Å². The Bertz CT molecular complexity index is 533. The van der Waals surface area contributed by atoms with Crippen molar-refractivity contribution >= 4 is 22.9 Å². The highest BCUT2D eigenvalue weighted by molar-refractivity contribution is 7.10. The number of halogens is 1. The van der Waals surface area contributed by atoms with Crippen molar-refractivity contribution in [3.63, 3.8) is 0 Å². The summed E-state index contributed by atoms with van der Waals surface area (Å²) in [6.07, 6.45) is 8.20. The number of nitrogens with two attached hydrogens (primary N) is 1. The van der Waals surface area contributed by atoms with Crippen LogP contribution < -0.4 is 5.73 Å². The smallest absolute Gasteiger partial charge is 0.0561 e. The molecule has 3 heteroatoms. The third-order valence-corrected chi connectivity index (χ3v) is 7.70. The summed E-state index contributed by atoms with van der Waals surface area (Å²) in [4.78, 5) is 1.22. The summed E-state index contributed by atoms with van der Waals surface area (Å²) in [5.41, 5.74) is 8.13. The molecule has 0 radical (unpaired) electrons. The van der Waals surface area contributed by atoms with Crippen LogP contribution >= 0.6 is 22.9 Å². The average molecular weight is 310 g/mol. The van der Waals surface area contributed by atoms with E-state index in [1.807, 2.05) is 6.07 Å². The fourth-order valence-electron chi connectivity index (χ4n) is 6.69. The van der Waals surface area contributed by atoms with Gasteiger partial charge < -0.3 is 5.73 Å². The van der Waals surface area contributed by atoms with Crippen LogP contribution in [0.1, 0.15) is 63.3 Å². The van der Waals surface area contributed by atoms with E-state index in [2.05, 4.69) is 19.2 Å². The first-order valence-electron chi connectivity index (χ1n) is 7.82. The van der Waals surface area contributed by atoms with E-state index >= 15 is 0 Å². The first-order valence-corrected chi connectivity index (χ1v) is 9.08. The lowest BCUT2D eigenvalue weighted by molar-refractivity contribution is -0.154. The van der Waals surface area contributed by atoms with Gasteiger partial charge in [-0.25, -0.2) is 0 Å². The van der Waals surface area contributed by atoms with Gasteiger partial charge in [-0.1, -0.05) is 25.4 Å². The largest absolute Gasteiger partial charge is 0.323 e. The van der Waals surface area contributed by atoms with Crippen molar-refractivity contribution < 1.29 is 0 Å². The Hall–Kier alpha value is -0.0500. The minimum atomic E-state index is 0.136. The summed E-state index contributed by atoms with van der Waals surface area (Å²) in [6, 6.07) is 2.14. The van der Waals surface area contributed by atoms with Gasteiger partial charge >= 0.3 is 0 Å². The molecule has 5 rings (SSSR count). The molecule has 4 bridgehead atoms. The fraction of sp³-hybridized carbons (Fsp3) is 0.765. The standard InChI is InChI=1S/C17H24ClNS/c1-15-5-11-6-16(2,8-15)10-17(7-11,9-15)14(19)13-12(18)3-4-20-13/h3-4,11,14H,5-10,19H2,1-2H3. The lowest BCUT2D eigenvalue weighted by Crippen LogP contribution is -2.58. The summed E-state index contributed by atoms with van der Waals surface area (Å²) in [5, 5.41) is 2.97. The molecule has 4 aliphatic carbocycles. The Labute approximate surface area is 130 Å². The van der Waals surface area contributed by atoms with Crippen LogP contribution in [-0.2, 0) is 0 Å². The van der Waals surface area contributed by atoms with Crippen LogP contribution in [0.15, 0.2) is 11.4 Å². The summed E-state index contributed by atoms with van der Waals surface area (Å²) in [6.45, 7) is 5.01. The summed E-state index contributed by atoms with van der Waals surface area (Å²) in [7, 11) is 0. The fourth-order valence-corrected chi connectivity index (χ4v) is 8.01. The Morgan fingerprint density at radius 3 is 2.35 bits per heavy atom. The predicted octanol–water partition coefficient (Wildman–Crippen LogP) is 5.40. The Kier molecular flexibility index (Phi) is 2.74. The maximum Gasteiger partial charge on any atom is 0.0561 e. The number of thiophene rings is 1. The molecule has 110 valence electrons. The summed E-state index contributed by atoms with van der Waals surface area (Å²) >= 11 is 8.12. The van der Waals surface area contributed by atoms with Crippen molar-refractivity contribution in [2.75, 3.05) is 0 Å². The lowest BCUT2D eigenvalue weighted by atomic mass is 9.39. The number of hydrogen-bond donors (Lipinski definition) is 1. The highest BCUT2D eigenvalue weighted by Crippen LogP contribution is 2.72. The molecule has 3 atom stereocenters. The van der Waals surface area contributed by atoms with E-state index < -0.39 is 0 Å². The second-order valence-corrected chi connectivity index (χ2v) is 9.96. The van der Waals surface area contributed by atoms with Crippen LogP contribution in [0.5, 0.6) is 0 Å². The molecule has 1 aromatic rings. The lowest BCUT2D eigenvalue weighted by Gasteiger charge is -2.66. The van der Waals surface area contributed by atoms with Crippen molar-refractivity contribution in [2.45, 2.75) is 58.4 Å². The molecule has 0 saturated heterocycles. The van der Waals surface area contributed by atoms with E-state index in [1.54, 1.807) is 11.3 Å². The molecule has 3 unspecified atom stereocenters. The van der Waals surface area contributed by atoms with Crippen LogP contribution in [0.4, 0.5) is 0 Å². The third-order valence-electron chi connectivity index (χ3n) is 6.26. The monoisotopic (exact) mass is 309 g/mol. The molecule has 1 nitrogen and oxygen atoms in total. The molecule has 2 N–H and O–H groups in total. The van der Waals surface area contributed by atoms with Gasteiger partial charge in [-0.15, -0.1) is 11.3 Å². The zero-order chi connectivity index (χ0) is 14.2. The van der Waals surface area contributed by atoms with Crippen LogP contribution in [0.25, 0.3) is 0 Å². The molecule has 0 spiro atoms. The topological polar surface area (TPSA) is 26.0 Å². The van der Waals surface area contributed by atoms with Gasteiger partial charge in [0.2, 0.25) is 0 Å². The second-order valence-electron chi connectivity index (χ2n) is 8.60. The first-order chi connectivity index (χ1) is 9.33. The Morgan fingerprint density at radius 1 is 1.20 bits per heavy atom. The van der Waals surface area contributed by atoms with Crippen LogP contribution in [0.3, 0.4) is 0 Å². The van der Waals surface area contributed by atoms with Gasteiger partial charge in [0.1, 0.15) is 0 Å². The maximum absolute atomic E-state index is 6.78. The number of hydrogen-bond acceptors (Lipinski definition) is 2. The van der Waals surface area contributed by atoms with Gasteiger partial charge in [-0.3, -0.25) is 0 Å². The molecule has 1 heterocycles. The average Bonchev–Trinajstić information content (AvgIpc) is 2.69. The van der Waals surface area contributed by atoms with Crippen LogP contribution in [0.2, 0.25) is 5.02 Å². The van der Waals surface area contributed by atoms with Gasteiger partial charge in [0.05, 0.1) is 5.02 Å². The molecule has 20 heavy (non-hydrogen) atoms. The Morgan fingerprint density at radius 2 is 1.85 bits per heavy atom. The summed E-state index contributed by atoms with van der Waals surface area (Å²) < 4.78 is 0. The SMILES string of the molecule is CC12CC3CC(C)(C1)CC(C(N)c1sccc1Cl)(C3)C2. The van der Waals surface area contributed by atoms with Crippen molar-refractivity contribution in [2.24, 2.45) is 27.9 Å². The molecule has 4 aliphatic rings. The maximum atomic E-state index is 6.78.